The van der Waals surface area contributed by atoms with Gasteiger partial charge in [0.1, 0.15) is 12.2 Å². The fraction of sp³-hybridized carbons (Fsp3) is 0.500. The SMILES string of the molecule is CO[C@@H]1COC[C@@H](N(C)C(=O)c2cc(Cl)ccc2Cl)[C@@H]1O. The van der Waals surface area contributed by atoms with Gasteiger partial charge in [0.25, 0.3) is 5.91 Å². The molecule has 21 heavy (non-hydrogen) atoms. The van der Waals surface area contributed by atoms with Crippen molar-refractivity contribution >= 4 is 29.1 Å². The van der Waals surface area contributed by atoms with Crippen LogP contribution >= 0.6 is 23.2 Å². The molecule has 1 heterocycles. The van der Waals surface area contributed by atoms with Crippen LogP contribution in [0.5, 0.6) is 0 Å². The number of hydrogen-bond acceptors (Lipinski definition) is 4. The molecule has 7 heteroatoms. The van der Waals surface area contributed by atoms with Crippen LogP contribution in [0, 0.1) is 0 Å². The van der Waals surface area contributed by atoms with Gasteiger partial charge in [-0.1, -0.05) is 23.2 Å². The number of halogens is 2. The van der Waals surface area contributed by atoms with Gasteiger partial charge in [0.15, 0.2) is 0 Å². The number of methoxy groups -OCH3 is 1. The Balaban J connectivity index is 2.20. The maximum absolute atomic E-state index is 12.5. The van der Waals surface area contributed by atoms with Crippen molar-refractivity contribution in [3.05, 3.63) is 33.8 Å². The average Bonchev–Trinajstić information content (AvgIpc) is 2.48. The van der Waals surface area contributed by atoms with Crippen LogP contribution in [0.4, 0.5) is 0 Å². The molecule has 1 amide bonds. The van der Waals surface area contributed by atoms with Gasteiger partial charge in [0.2, 0.25) is 0 Å². The summed E-state index contributed by atoms with van der Waals surface area (Å²) in [4.78, 5) is 13.9. The van der Waals surface area contributed by atoms with Crippen molar-refractivity contribution in [2.45, 2.75) is 18.2 Å². The number of carbonyl (C=O) groups is 1. The predicted molar refractivity (Wildman–Crippen MR) is 80.0 cm³/mol. The molecule has 1 aliphatic rings. The lowest BCUT2D eigenvalue weighted by molar-refractivity contribution is -0.135. The zero-order valence-electron chi connectivity index (χ0n) is 11.8. The normalized spacial score (nSPS) is 25.7. The zero-order chi connectivity index (χ0) is 15.6. The van der Waals surface area contributed by atoms with Crippen molar-refractivity contribution < 1.29 is 19.4 Å². The summed E-state index contributed by atoms with van der Waals surface area (Å²) >= 11 is 11.9. The van der Waals surface area contributed by atoms with E-state index in [2.05, 4.69) is 0 Å². The van der Waals surface area contributed by atoms with Crippen LogP contribution in [0.15, 0.2) is 18.2 Å². The number of ether oxygens (including phenoxy) is 2. The zero-order valence-corrected chi connectivity index (χ0v) is 13.3. The molecule has 1 N–H and O–H groups in total. The number of aliphatic hydroxyl groups excluding tert-OH is 1. The molecule has 0 unspecified atom stereocenters. The molecule has 0 bridgehead atoms. The van der Waals surface area contributed by atoms with Crippen LogP contribution in [0.2, 0.25) is 10.0 Å². The smallest absolute Gasteiger partial charge is 0.255 e. The van der Waals surface area contributed by atoms with Crippen LogP contribution in [-0.2, 0) is 9.47 Å². The van der Waals surface area contributed by atoms with Gasteiger partial charge in [-0.15, -0.1) is 0 Å². The highest BCUT2D eigenvalue weighted by atomic mass is 35.5. The van der Waals surface area contributed by atoms with Crippen molar-refractivity contribution in [2.24, 2.45) is 0 Å². The van der Waals surface area contributed by atoms with Crippen LogP contribution in [-0.4, -0.2) is 61.5 Å². The van der Waals surface area contributed by atoms with E-state index in [0.717, 1.165) is 0 Å². The molecule has 1 aliphatic heterocycles. The molecule has 0 aliphatic carbocycles. The number of nitrogens with zero attached hydrogens (tertiary/aromatic N) is 1. The number of amides is 1. The third kappa shape index (κ3) is 3.49. The van der Waals surface area contributed by atoms with E-state index in [4.69, 9.17) is 32.7 Å². The maximum Gasteiger partial charge on any atom is 0.255 e. The molecule has 0 saturated carbocycles. The van der Waals surface area contributed by atoms with Gasteiger partial charge in [-0.25, -0.2) is 0 Å². The first-order valence-electron chi connectivity index (χ1n) is 6.46. The molecule has 116 valence electrons. The number of benzene rings is 1. The number of carbonyl (C=O) groups excluding carboxylic acids is 1. The summed E-state index contributed by atoms with van der Waals surface area (Å²) in [5.41, 5.74) is 0.290. The Kier molecular flexibility index (Phi) is 5.46. The minimum atomic E-state index is -0.823. The Labute approximate surface area is 133 Å². The predicted octanol–water partition coefficient (Wildman–Crippen LogP) is 1.84. The Morgan fingerprint density at radius 2 is 2.14 bits per heavy atom. The minimum absolute atomic E-state index is 0.238. The lowest BCUT2D eigenvalue weighted by Crippen LogP contribution is -2.56. The number of rotatable bonds is 3. The van der Waals surface area contributed by atoms with Crippen molar-refractivity contribution in [1.82, 2.24) is 4.90 Å². The lowest BCUT2D eigenvalue weighted by atomic mass is 10.0. The monoisotopic (exact) mass is 333 g/mol. The van der Waals surface area contributed by atoms with E-state index in [1.54, 1.807) is 19.2 Å². The van der Waals surface area contributed by atoms with Gasteiger partial charge >= 0.3 is 0 Å². The first-order valence-corrected chi connectivity index (χ1v) is 7.22. The first-order chi connectivity index (χ1) is 9.95. The summed E-state index contributed by atoms with van der Waals surface area (Å²) in [6.07, 6.45) is -1.29. The molecule has 0 spiro atoms. The Bertz CT molecular complexity index is 526. The second-order valence-electron chi connectivity index (χ2n) is 4.91. The largest absolute Gasteiger partial charge is 0.388 e. The van der Waals surface area contributed by atoms with E-state index in [-0.39, 0.29) is 12.5 Å². The van der Waals surface area contributed by atoms with E-state index in [1.807, 2.05) is 0 Å². The molecule has 3 atom stereocenters. The average molecular weight is 334 g/mol. The second kappa shape index (κ2) is 6.94. The minimum Gasteiger partial charge on any atom is -0.388 e. The topological polar surface area (TPSA) is 59.0 Å². The summed E-state index contributed by atoms with van der Waals surface area (Å²) in [5, 5.41) is 11.0. The van der Waals surface area contributed by atoms with Crippen molar-refractivity contribution in [3.8, 4) is 0 Å². The highest BCUT2D eigenvalue weighted by Crippen LogP contribution is 2.24. The van der Waals surface area contributed by atoms with Crippen molar-refractivity contribution in [3.63, 3.8) is 0 Å². The summed E-state index contributed by atoms with van der Waals surface area (Å²) in [6, 6.07) is 4.18. The summed E-state index contributed by atoms with van der Waals surface area (Å²) < 4.78 is 10.5. The number of likely N-dealkylation sites (N-methyl/N-ethyl adjacent to an activating group) is 1. The van der Waals surface area contributed by atoms with Gasteiger partial charge < -0.3 is 19.5 Å². The number of hydrogen-bond donors (Lipinski definition) is 1. The molecule has 1 fully saturated rings. The second-order valence-corrected chi connectivity index (χ2v) is 5.75. The first kappa shape index (κ1) is 16.5. The van der Waals surface area contributed by atoms with Gasteiger partial charge in [-0.3, -0.25) is 4.79 Å². The standard InChI is InChI=1S/C14H17Cl2NO4/c1-17(11-6-21-7-12(20-2)13(11)18)14(19)9-5-8(15)3-4-10(9)16/h3-5,11-13,18H,6-7H2,1-2H3/t11-,12-,13+/m1/s1. The molecular formula is C14H17Cl2NO4. The molecule has 2 rings (SSSR count). The van der Waals surface area contributed by atoms with Gasteiger partial charge in [-0.2, -0.15) is 0 Å². The van der Waals surface area contributed by atoms with Gasteiger partial charge in [0, 0.05) is 19.2 Å². The lowest BCUT2D eigenvalue weighted by Gasteiger charge is -2.38. The van der Waals surface area contributed by atoms with Gasteiger partial charge in [-0.05, 0) is 18.2 Å². The van der Waals surface area contributed by atoms with Gasteiger partial charge in [0.05, 0.1) is 29.8 Å². The van der Waals surface area contributed by atoms with Crippen molar-refractivity contribution in [1.29, 1.82) is 0 Å². The molecule has 1 saturated heterocycles. The third-order valence-corrected chi connectivity index (χ3v) is 4.19. The molecule has 1 aromatic rings. The van der Waals surface area contributed by atoms with E-state index < -0.39 is 18.2 Å². The maximum atomic E-state index is 12.5. The Hall–Kier alpha value is -0.850. The van der Waals surface area contributed by atoms with E-state index in [0.29, 0.717) is 22.2 Å². The molecule has 5 nitrogen and oxygen atoms in total. The van der Waals surface area contributed by atoms with Crippen LogP contribution < -0.4 is 0 Å². The quantitative estimate of drug-likeness (QED) is 0.916. The highest BCUT2D eigenvalue weighted by Gasteiger charge is 2.37. The number of aliphatic hydroxyl groups is 1. The third-order valence-electron chi connectivity index (χ3n) is 3.63. The van der Waals surface area contributed by atoms with Crippen LogP contribution in [0.25, 0.3) is 0 Å². The fourth-order valence-corrected chi connectivity index (χ4v) is 2.67. The van der Waals surface area contributed by atoms with Crippen LogP contribution in [0.1, 0.15) is 10.4 Å². The summed E-state index contributed by atoms with van der Waals surface area (Å²) in [5.74, 6) is -0.327. The fourth-order valence-electron chi connectivity index (χ4n) is 2.30. The summed E-state index contributed by atoms with van der Waals surface area (Å²) in [7, 11) is 3.09. The van der Waals surface area contributed by atoms with E-state index in [9.17, 15) is 9.90 Å². The Morgan fingerprint density at radius 1 is 1.43 bits per heavy atom. The van der Waals surface area contributed by atoms with Crippen molar-refractivity contribution in [2.75, 3.05) is 27.4 Å². The molecule has 0 aromatic heterocycles. The van der Waals surface area contributed by atoms with Crippen LogP contribution in [0.3, 0.4) is 0 Å². The molecule has 0 radical (unpaired) electrons. The van der Waals surface area contributed by atoms with E-state index in [1.165, 1.54) is 18.1 Å². The summed E-state index contributed by atoms with van der Waals surface area (Å²) in [6.45, 7) is 0.537. The van der Waals surface area contributed by atoms with E-state index >= 15 is 0 Å². The highest BCUT2D eigenvalue weighted by molar-refractivity contribution is 6.35. The molecular weight excluding hydrogens is 317 g/mol. The Morgan fingerprint density at radius 3 is 2.81 bits per heavy atom. The molecule has 1 aromatic carbocycles.